The van der Waals surface area contributed by atoms with Crippen molar-refractivity contribution in [3.63, 3.8) is 0 Å². The minimum absolute atomic E-state index is 0.152. The summed E-state index contributed by atoms with van der Waals surface area (Å²) < 4.78 is 0. The Bertz CT molecular complexity index is 584. The molecule has 0 unspecified atom stereocenters. The van der Waals surface area contributed by atoms with Crippen molar-refractivity contribution in [3.8, 4) is 11.3 Å². The van der Waals surface area contributed by atoms with E-state index in [2.05, 4.69) is 22.2 Å². The summed E-state index contributed by atoms with van der Waals surface area (Å²) in [6.07, 6.45) is 3.52. The van der Waals surface area contributed by atoms with Crippen LogP contribution in [0.3, 0.4) is 0 Å². The molecule has 0 bridgehead atoms. The monoisotopic (exact) mass is 270 g/mol. The SMILES string of the molecule is CCCCNC(=O)c1nc(-c2ccccc2)cnc1N. The predicted octanol–water partition coefficient (Wildman–Crippen LogP) is 2.26. The summed E-state index contributed by atoms with van der Waals surface area (Å²) in [5.41, 5.74) is 7.47. The number of nitrogen functional groups attached to an aromatic ring is 1. The van der Waals surface area contributed by atoms with Crippen molar-refractivity contribution in [2.45, 2.75) is 19.8 Å². The van der Waals surface area contributed by atoms with Gasteiger partial charge in [-0.2, -0.15) is 0 Å². The zero-order valence-corrected chi connectivity index (χ0v) is 11.5. The lowest BCUT2D eigenvalue weighted by atomic mass is 10.1. The second-order valence-corrected chi connectivity index (χ2v) is 4.46. The maximum atomic E-state index is 12.0. The minimum Gasteiger partial charge on any atom is -0.382 e. The number of anilines is 1. The molecule has 1 heterocycles. The van der Waals surface area contributed by atoms with Crippen LogP contribution in [0.1, 0.15) is 30.3 Å². The summed E-state index contributed by atoms with van der Waals surface area (Å²) in [6.45, 7) is 2.68. The molecule has 0 saturated carbocycles. The van der Waals surface area contributed by atoms with Crippen LogP contribution in [-0.4, -0.2) is 22.4 Å². The number of hydrogen-bond acceptors (Lipinski definition) is 4. The van der Waals surface area contributed by atoms with Crippen LogP contribution in [-0.2, 0) is 0 Å². The number of carbonyl (C=O) groups is 1. The van der Waals surface area contributed by atoms with E-state index >= 15 is 0 Å². The van der Waals surface area contributed by atoms with Gasteiger partial charge in [-0.1, -0.05) is 43.7 Å². The Morgan fingerprint density at radius 1 is 1.30 bits per heavy atom. The first kappa shape index (κ1) is 14.0. The van der Waals surface area contributed by atoms with E-state index in [0.29, 0.717) is 12.2 Å². The maximum Gasteiger partial charge on any atom is 0.273 e. The van der Waals surface area contributed by atoms with Crippen molar-refractivity contribution in [1.82, 2.24) is 15.3 Å². The molecule has 104 valence electrons. The first-order valence-corrected chi connectivity index (χ1v) is 6.68. The highest BCUT2D eigenvalue weighted by Gasteiger charge is 2.13. The van der Waals surface area contributed by atoms with E-state index in [9.17, 15) is 4.79 Å². The van der Waals surface area contributed by atoms with Gasteiger partial charge in [-0.05, 0) is 6.42 Å². The molecule has 1 aromatic heterocycles. The molecule has 3 N–H and O–H groups in total. The molecular formula is C15H18N4O. The molecule has 0 radical (unpaired) electrons. The summed E-state index contributed by atoms with van der Waals surface area (Å²) in [7, 11) is 0. The zero-order valence-electron chi connectivity index (χ0n) is 11.5. The first-order valence-electron chi connectivity index (χ1n) is 6.68. The van der Waals surface area contributed by atoms with Crippen molar-refractivity contribution in [1.29, 1.82) is 0 Å². The highest BCUT2D eigenvalue weighted by atomic mass is 16.1. The summed E-state index contributed by atoms with van der Waals surface area (Å²) in [4.78, 5) is 20.4. The smallest absolute Gasteiger partial charge is 0.273 e. The van der Waals surface area contributed by atoms with Gasteiger partial charge in [0.15, 0.2) is 11.5 Å². The molecule has 2 rings (SSSR count). The van der Waals surface area contributed by atoms with Crippen LogP contribution in [0.25, 0.3) is 11.3 Å². The number of unbranched alkanes of at least 4 members (excludes halogenated alkanes) is 1. The number of nitrogens with one attached hydrogen (secondary N) is 1. The molecule has 20 heavy (non-hydrogen) atoms. The number of amides is 1. The van der Waals surface area contributed by atoms with Crippen molar-refractivity contribution < 1.29 is 4.79 Å². The van der Waals surface area contributed by atoms with E-state index in [1.807, 2.05) is 30.3 Å². The van der Waals surface area contributed by atoms with E-state index in [1.54, 1.807) is 6.20 Å². The molecule has 5 nitrogen and oxygen atoms in total. The number of nitrogens with zero attached hydrogens (tertiary/aromatic N) is 2. The fraction of sp³-hybridized carbons (Fsp3) is 0.267. The number of hydrogen-bond donors (Lipinski definition) is 2. The van der Waals surface area contributed by atoms with Crippen LogP contribution in [0, 0.1) is 0 Å². The average molecular weight is 270 g/mol. The Hall–Kier alpha value is -2.43. The normalized spacial score (nSPS) is 10.2. The molecule has 1 aromatic carbocycles. The number of carbonyl (C=O) groups excluding carboxylic acids is 1. The summed E-state index contributed by atoms with van der Waals surface area (Å²) in [5.74, 6) is -0.125. The summed E-state index contributed by atoms with van der Waals surface area (Å²) in [6, 6.07) is 9.58. The summed E-state index contributed by atoms with van der Waals surface area (Å²) >= 11 is 0. The Morgan fingerprint density at radius 3 is 2.75 bits per heavy atom. The topological polar surface area (TPSA) is 80.9 Å². The molecule has 0 atom stereocenters. The van der Waals surface area contributed by atoms with Crippen molar-refractivity contribution in [2.75, 3.05) is 12.3 Å². The molecule has 0 fully saturated rings. The largest absolute Gasteiger partial charge is 0.382 e. The molecule has 0 spiro atoms. The van der Waals surface area contributed by atoms with Crippen LogP contribution in [0.15, 0.2) is 36.5 Å². The fourth-order valence-corrected chi connectivity index (χ4v) is 1.78. The van der Waals surface area contributed by atoms with Crippen LogP contribution in [0.2, 0.25) is 0 Å². The van der Waals surface area contributed by atoms with Gasteiger partial charge in [0.1, 0.15) is 0 Å². The quantitative estimate of drug-likeness (QED) is 0.816. The van der Waals surface area contributed by atoms with E-state index < -0.39 is 0 Å². The minimum atomic E-state index is -0.277. The van der Waals surface area contributed by atoms with E-state index in [4.69, 9.17) is 5.73 Å². The zero-order chi connectivity index (χ0) is 14.4. The van der Waals surface area contributed by atoms with Crippen molar-refractivity contribution in [2.24, 2.45) is 0 Å². The van der Waals surface area contributed by atoms with Gasteiger partial charge in [-0.3, -0.25) is 4.79 Å². The first-order chi connectivity index (χ1) is 9.72. The third-order valence-corrected chi connectivity index (χ3v) is 2.90. The number of benzene rings is 1. The second kappa shape index (κ2) is 6.65. The molecule has 0 aliphatic rings. The van der Waals surface area contributed by atoms with Crippen molar-refractivity contribution >= 4 is 11.7 Å². The number of nitrogens with two attached hydrogens (primary N) is 1. The summed E-state index contributed by atoms with van der Waals surface area (Å²) in [5, 5.41) is 2.80. The van der Waals surface area contributed by atoms with Crippen molar-refractivity contribution in [3.05, 3.63) is 42.2 Å². The van der Waals surface area contributed by atoms with Crippen LogP contribution >= 0.6 is 0 Å². The molecule has 1 amide bonds. The number of aromatic nitrogens is 2. The van der Waals surface area contributed by atoms with Gasteiger partial charge in [0.05, 0.1) is 11.9 Å². The molecule has 0 saturated heterocycles. The third-order valence-electron chi connectivity index (χ3n) is 2.90. The van der Waals surface area contributed by atoms with Gasteiger partial charge in [0.2, 0.25) is 0 Å². The second-order valence-electron chi connectivity index (χ2n) is 4.46. The number of rotatable bonds is 5. The highest BCUT2D eigenvalue weighted by Crippen LogP contribution is 2.17. The predicted molar refractivity (Wildman–Crippen MR) is 79.1 cm³/mol. The third kappa shape index (κ3) is 3.32. The van der Waals surface area contributed by atoms with E-state index in [1.165, 1.54) is 0 Å². The lowest BCUT2D eigenvalue weighted by Crippen LogP contribution is -2.26. The van der Waals surface area contributed by atoms with Gasteiger partial charge in [0, 0.05) is 12.1 Å². The average Bonchev–Trinajstić information content (AvgIpc) is 2.49. The Labute approximate surface area is 118 Å². The Balaban J connectivity index is 2.23. The van der Waals surface area contributed by atoms with Crippen LogP contribution in [0.5, 0.6) is 0 Å². The van der Waals surface area contributed by atoms with E-state index in [-0.39, 0.29) is 17.4 Å². The van der Waals surface area contributed by atoms with E-state index in [0.717, 1.165) is 18.4 Å². The van der Waals surface area contributed by atoms with Gasteiger partial charge < -0.3 is 11.1 Å². The molecule has 0 aliphatic carbocycles. The Kier molecular flexibility index (Phi) is 4.65. The van der Waals surface area contributed by atoms with Gasteiger partial charge in [0.25, 0.3) is 5.91 Å². The molecule has 0 aliphatic heterocycles. The standard InChI is InChI=1S/C15H18N4O/c1-2-3-9-17-15(20)13-14(16)18-10-12(19-13)11-7-5-4-6-8-11/h4-8,10H,2-3,9H2,1H3,(H2,16,18)(H,17,20). The lowest BCUT2D eigenvalue weighted by Gasteiger charge is -2.07. The lowest BCUT2D eigenvalue weighted by molar-refractivity contribution is 0.0949. The van der Waals surface area contributed by atoms with Gasteiger partial charge in [-0.15, -0.1) is 0 Å². The molecule has 2 aromatic rings. The van der Waals surface area contributed by atoms with Gasteiger partial charge >= 0.3 is 0 Å². The van der Waals surface area contributed by atoms with Crippen LogP contribution in [0.4, 0.5) is 5.82 Å². The molecule has 5 heteroatoms. The van der Waals surface area contributed by atoms with Gasteiger partial charge in [-0.25, -0.2) is 9.97 Å². The fourth-order valence-electron chi connectivity index (χ4n) is 1.78. The molecular weight excluding hydrogens is 252 g/mol. The maximum absolute atomic E-state index is 12.0. The highest BCUT2D eigenvalue weighted by molar-refractivity contribution is 5.96. The van der Waals surface area contributed by atoms with Crippen LogP contribution < -0.4 is 11.1 Å². The Morgan fingerprint density at radius 2 is 2.05 bits per heavy atom.